The molecular weight excluding hydrogens is 226 g/mol. The maximum Gasteiger partial charge on any atom is 0.224 e. The van der Waals surface area contributed by atoms with E-state index >= 15 is 0 Å². The fourth-order valence-electron chi connectivity index (χ4n) is 2.79. The van der Waals surface area contributed by atoms with E-state index in [1.165, 1.54) is 19.3 Å². The maximum atomic E-state index is 11.3. The number of nitrogens with one attached hydrogen (secondary N) is 1. The number of carbonyl (C=O) groups is 1. The first-order valence-corrected chi connectivity index (χ1v) is 6.83. The average Bonchev–Trinajstić information content (AvgIpc) is 2.33. The molecule has 1 unspecified atom stereocenters. The molecule has 3 nitrogen and oxygen atoms in total. The molecule has 1 aromatic rings. The van der Waals surface area contributed by atoms with Crippen molar-refractivity contribution >= 4 is 11.6 Å². The van der Waals surface area contributed by atoms with E-state index in [-0.39, 0.29) is 12.0 Å². The quantitative estimate of drug-likeness (QED) is 0.860. The van der Waals surface area contributed by atoms with Gasteiger partial charge < -0.3 is 10.4 Å². The second kappa shape index (κ2) is 4.73. The number of rotatable bonds is 3. The molecule has 2 N–H and O–H groups in total. The van der Waals surface area contributed by atoms with Crippen molar-refractivity contribution in [2.45, 2.75) is 44.6 Å². The molecule has 1 atom stereocenters. The third-order valence-corrected chi connectivity index (χ3v) is 4.19. The van der Waals surface area contributed by atoms with Gasteiger partial charge in [-0.15, -0.1) is 0 Å². The van der Waals surface area contributed by atoms with Gasteiger partial charge in [-0.3, -0.25) is 4.79 Å². The fraction of sp³-hybridized carbons (Fsp3) is 0.533. The van der Waals surface area contributed by atoms with E-state index in [1.807, 2.05) is 12.1 Å². The highest BCUT2D eigenvalue weighted by atomic mass is 16.3. The topological polar surface area (TPSA) is 49.3 Å². The van der Waals surface area contributed by atoms with E-state index < -0.39 is 0 Å². The zero-order valence-electron chi connectivity index (χ0n) is 10.5. The molecule has 1 heterocycles. The van der Waals surface area contributed by atoms with Crippen LogP contribution in [0.4, 0.5) is 5.69 Å². The minimum Gasteiger partial charge on any atom is -0.388 e. The Morgan fingerprint density at radius 1 is 1.33 bits per heavy atom. The molecule has 1 aromatic carbocycles. The molecule has 0 radical (unpaired) electrons. The molecule has 1 saturated carbocycles. The molecule has 0 saturated heterocycles. The van der Waals surface area contributed by atoms with Crippen molar-refractivity contribution in [3.63, 3.8) is 0 Å². The van der Waals surface area contributed by atoms with Crippen LogP contribution in [0.3, 0.4) is 0 Å². The van der Waals surface area contributed by atoms with Gasteiger partial charge in [0, 0.05) is 12.1 Å². The van der Waals surface area contributed by atoms with Gasteiger partial charge in [-0.25, -0.2) is 0 Å². The van der Waals surface area contributed by atoms with Crippen molar-refractivity contribution in [3.05, 3.63) is 29.3 Å². The van der Waals surface area contributed by atoms with Crippen LogP contribution in [0, 0.1) is 5.92 Å². The van der Waals surface area contributed by atoms with E-state index in [4.69, 9.17) is 0 Å². The number of aliphatic hydroxyl groups excluding tert-OH is 1. The fourth-order valence-corrected chi connectivity index (χ4v) is 2.79. The third kappa shape index (κ3) is 2.27. The summed E-state index contributed by atoms with van der Waals surface area (Å²) in [5, 5.41) is 13.1. The molecular formula is C15H19NO2. The first kappa shape index (κ1) is 11.7. The van der Waals surface area contributed by atoms with Crippen LogP contribution in [0.5, 0.6) is 0 Å². The average molecular weight is 245 g/mol. The lowest BCUT2D eigenvalue weighted by Crippen LogP contribution is -2.19. The Labute approximate surface area is 107 Å². The minimum absolute atomic E-state index is 0.0882. The summed E-state index contributed by atoms with van der Waals surface area (Å²) in [7, 11) is 0. The summed E-state index contributed by atoms with van der Waals surface area (Å²) in [6.45, 7) is 0. The van der Waals surface area contributed by atoms with Crippen LogP contribution in [0.1, 0.15) is 49.3 Å². The molecule has 0 spiro atoms. The Kier molecular flexibility index (Phi) is 3.08. The van der Waals surface area contributed by atoms with Gasteiger partial charge in [0.05, 0.1) is 6.10 Å². The van der Waals surface area contributed by atoms with Crippen molar-refractivity contribution < 1.29 is 9.90 Å². The van der Waals surface area contributed by atoms with Crippen LogP contribution in [-0.4, -0.2) is 11.0 Å². The van der Waals surface area contributed by atoms with Gasteiger partial charge in [0.25, 0.3) is 0 Å². The van der Waals surface area contributed by atoms with Gasteiger partial charge in [0.1, 0.15) is 0 Å². The third-order valence-electron chi connectivity index (χ3n) is 4.19. The molecule has 0 aromatic heterocycles. The van der Waals surface area contributed by atoms with Gasteiger partial charge in [0.15, 0.2) is 0 Å². The van der Waals surface area contributed by atoms with E-state index in [0.29, 0.717) is 12.3 Å². The SMILES string of the molecule is O=C1CCc2cc(C(O)CC3CCC3)ccc2N1. The standard InChI is InChI=1S/C15H19NO2/c17-14(8-10-2-1-3-10)12-4-6-13-11(9-12)5-7-15(18)16-13/h4,6,9-10,14,17H,1-3,5,7-8H2,(H,16,18). The Morgan fingerprint density at radius 2 is 2.17 bits per heavy atom. The molecule has 2 aliphatic rings. The van der Waals surface area contributed by atoms with Crippen molar-refractivity contribution in [2.24, 2.45) is 5.92 Å². The summed E-state index contributed by atoms with van der Waals surface area (Å²) < 4.78 is 0. The molecule has 1 aliphatic carbocycles. The molecule has 3 rings (SSSR count). The van der Waals surface area contributed by atoms with Gasteiger partial charge in [-0.05, 0) is 36.0 Å². The summed E-state index contributed by atoms with van der Waals surface area (Å²) in [5.41, 5.74) is 3.06. The van der Waals surface area contributed by atoms with Crippen LogP contribution in [0.2, 0.25) is 0 Å². The second-order valence-electron chi connectivity index (χ2n) is 5.51. The summed E-state index contributed by atoms with van der Waals surface area (Å²) in [5.74, 6) is 0.793. The van der Waals surface area contributed by atoms with Crippen molar-refractivity contribution in [1.82, 2.24) is 0 Å². The smallest absolute Gasteiger partial charge is 0.224 e. The summed E-state index contributed by atoms with van der Waals surface area (Å²) >= 11 is 0. The highest BCUT2D eigenvalue weighted by Crippen LogP contribution is 2.35. The Hall–Kier alpha value is -1.35. The van der Waals surface area contributed by atoms with Gasteiger partial charge in [-0.1, -0.05) is 31.4 Å². The number of aliphatic hydroxyl groups is 1. The number of benzene rings is 1. The second-order valence-corrected chi connectivity index (χ2v) is 5.51. The number of hydrogen-bond donors (Lipinski definition) is 2. The Bertz CT molecular complexity index is 466. The number of anilines is 1. The molecule has 96 valence electrons. The highest BCUT2D eigenvalue weighted by Gasteiger charge is 2.23. The normalized spacial score (nSPS) is 20.8. The summed E-state index contributed by atoms with van der Waals surface area (Å²) in [4.78, 5) is 11.3. The minimum atomic E-state index is -0.349. The lowest BCUT2D eigenvalue weighted by Gasteiger charge is -2.28. The highest BCUT2D eigenvalue weighted by molar-refractivity contribution is 5.93. The zero-order chi connectivity index (χ0) is 12.5. The maximum absolute atomic E-state index is 11.3. The first-order valence-electron chi connectivity index (χ1n) is 6.83. The van der Waals surface area contributed by atoms with Crippen LogP contribution >= 0.6 is 0 Å². The number of aryl methyl sites for hydroxylation is 1. The first-order chi connectivity index (χ1) is 8.72. The van der Waals surface area contributed by atoms with E-state index in [0.717, 1.165) is 29.7 Å². The molecule has 3 heteroatoms. The number of fused-ring (bicyclic) bond motifs is 1. The molecule has 1 aliphatic heterocycles. The number of amides is 1. The molecule has 1 amide bonds. The lowest BCUT2D eigenvalue weighted by molar-refractivity contribution is -0.116. The van der Waals surface area contributed by atoms with E-state index in [1.54, 1.807) is 0 Å². The van der Waals surface area contributed by atoms with Crippen LogP contribution in [0.25, 0.3) is 0 Å². The van der Waals surface area contributed by atoms with Gasteiger partial charge >= 0.3 is 0 Å². The largest absolute Gasteiger partial charge is 0.388 e. The van der Waals surface area contributed by atoms with Crippen molar-refractivity contribution in [1.29, 1.82) is 0 Å². The number of hydrogen-bond acceptors (Lipinski definition) is 2. The predicted molar refractivity (Wildman–Crippen MR) is 70.3 cm³/mol. The Morgan fingerprint density at radius 3 is 2.89 bits per heavy atom. The lowest BCUT2D eigenvalue weighted by atomic mass is 9.80. The van der Waals surface area contributed by atoms with Crippen LogP contribution < -0.4 is 5.32 Å². The number of carbonyl (C=O) groups excluding carboxylic acids is 1. The van der Waals surface area contributed by atoms with Gasteiger partial charge in [0.2, 0.25) is 5.91 Å². The van der Waals surface area contributed by atoms with Crippen LogP contribution in [0.15, 0.2) is 18.2 Å². The van der Waals surface area contributed by atoms with Crippen LogP contribution in [-0.2, 0) is 11.2 Å². The Balaban J connectivity index is 1.74. The monoisotopic (exact) mass is 245 g/mol. The van der Waals surface area contributed by atoms with Crippen molar-refractivity contribution in [2.75, 3.05) is 5.32 Å². The summed E-state index contributed by atoms with van der Waals surface area (Å²) in [6, 6.07) is 5.91. The summed E-state index contributed by atoms with van der Waals surface area (Å²) in [6.07, 6.45) is 5.70. The zero-order valence-corrected chi connectivity index (χ0v) is 10.5. The predicted octanol–water partition coefficient (Wildman–Crippen LogP) is 2.79. The molecule has 0 bridgehead atoms. The molecule has 1 fully saturated rings. The van der Waals surface area contributed by atoms with Gasteiger partial charge in [-0.2, -0.15) is 0 Å². The van der Waals surface area contributed by atoms with Crippen molar-refractivity contribution in [3.8, 4) is 0 Å². The molecule has 18 heavy (non-hydrogen) atoms. The van der Waals surface area contributed by atoms with E-state index in [2.05, 4.69) is 11.4 Å². The van der Waals surface area contributed by atoms with E-state index in [9.17, 15) is 9.90 Å².